The molecule has 0 radical (unpaired) electrons. The molecule has 15 heavy (non-hydrogen) atoms. The van der Waals surface area contributed by atoms with Crippen molar-refractivity contribution in [1.82, 2.24) is 4.98 Å². The van der Waals surface area contributed by atoms with Crippen LogP contribution in [0.5, 0.6) is 0 Å². The molecule has 3 nitrogen and oxygen atoms in total. The van der Waals surface area contributed by atoms with E-state index in [9.17, 15) is 4.79 Å². The maximum Gasteiger partial charge on any atom is 0.293 e. The van der Waals surface area contributed by atoms with E-state index in [1.54, 1.807) is 6.20 Å². The quantitative estimate of drug-likeness (QED) is 0.718. The Morgan fingerprint density at radius 3 is 2.47 bits per heavy atom. The Hall–Kier alpha value is -1.38. The first-order chi connectivity index (χ1) is 7.16. The van der Waals surface area contributed by atoms with Crippen molar-refractivity contribution in [1.29, 1.82) is 0 Å². The summed E-state index contributed by atoms with van der Waals surface area (Å²) in [5, 5.41) is 0. The number of aromatic nitrogens is 1. The van der Waals surface area contributed by atoms with E-state index in [0.717, 1.165) is 22.4 Å². The predicted octanol–water partition coefficient (Wildman–Crippen LogP) is 2.71. The van der Waals surface area contributed by atoms with E-state index >= 15 is 0 Å². The molecule has 84 valence electrons. The number of carbonyl (C=O) groups excluding carboxylic acids is 1. The first-order valence-electron chi connectivity index (χ1n) is 5.13. The number of pyridine rings is 1. The summed E-state index contributed by atoms with van der Waals surface area (Å²) >= 11 is 0. The maximum atomic E-state index is 10.0. The number of rotatable bonds is 3. The van der Waals surface area contributed by atoms with Crippen LogP contribution in [0.1, 0.15) is 36.2 Å². The molecule has 0 saturated carbocycles. The summed E-state index contributed by atoms with van der Waals surface area (Å²) in [6.45, 7) is 10.7. The zero-order chi connectivity index (χ0) is 11.8. The summed E-state index contributed by atoms with van der Waals surface area (Å²) in [7, 11) is 0. The van der Waals surface area contributed by atoms with E-state index in [4.69, 9.17) is 4.74 Å². The van der Waals surface area contributed by atoms with Gasteiger partial charge in [0.05, 0.1) is 0 Å². The highest BCUT2D eigenvalue weighted by Gasteiger charge is 2.05. The Morgan fingerprint density at radius 2 is 1.93 bits per heavy atom. The molecule has 1 aromatic heterocycles. The third kappa shape index (κ3) is 3.70. The number of hydrogen-bond acceptors (Lipinski definition) is 3. The maximum absolute atomic E-state index is 10.0. The van der Waals surface area contributed by atoms with Crippen molar-refractivity contribution >= 4 is 6.47 Å². The van der Waals surface area contributed by atoms with E-state index in [1.807, 2.05) is 34.6 Å². The summed E-state index contributed by atoms with van der Waals surface area (Å²) in [6.07, 6.45) is 1.80. The molecule has 0 aliphatic carbocycles. The van der Waals surface area contributed by atoms with Gasteiger partial charge in [-0.05, 0) is 37.5 Å². The van der Waals surface area contributed by atoms with Gasteiger partial charge in [-0.15, -0.1) is 0 Å². The van der Waals surface area contributed by atoms with Gasteiger partial charge in [0.15, 0.2) is 0 Å². The van der Waals surface area contributed by atoms with Crippen LogP contribution in [0.25, 0.3) is 0 Å². The molecule has 0 N–H and O–H groups in total. The van der Waals surface area contributed by atoms with E-state index in [-0.39, 0.29) is 0 Å². The highest BCUT2D eigenvalue weighted by atomic mass is 16.5. The minimum absolute atomic E-state index is 0.338. The second-order valence-corrected chi connectivity index (χ2v) is 3.04. The minimum atomic E-state index is 0.338. The number of ether oxygens (including phenoxy) is 1. The first kappa shape index (κ1) is 13.6. The van der Waals surface area contributed by atoms with Crippen LogP contribution in [0.3, 0.4) is 0 Å². The van der Waals surface area contributed by atoms with Crippen LogP contribution >= 0.6 is 0 Å². The van der Waals surface area contributed by atoms with E-state index in [2.05, 4.69) is 4.98 Å². The van der Waals surface area contributed by atoms with Gasteiger partial charge in [-0.2, -0.15) is 0 Å². The van der Waals surface area contributed by atoms with Gasteiger partial charge in [-0.1, -0.05) is 13.8 Å². The molecule has 0 unspecified atom stereocenters. The number of aryl methyl sites for hydroxylation is 2. The van der Waals surface area contributed by atoms with Gasteiger partial charge in [-0.25, -0.2) is 0 Å². The Kier molecular flexibility index (Phi) is 6.34. The zero-order valence-corrected chi connectivity index (χ0v) is 10.1. The van der Waals surface area contributed by atoms with Gasteiger partial charge < -0.3 is 4.74 Å². The van der Waals surface area contributed by atoms with Crippen LogP contribution in [0.15, 0.2) is 6.20 Å². The molecular weight excluding hydrogens is 190 g/mol. The largest absolute Gasteiger partial charge is 0.463 e. The number of carbonyl (C=O) groups is 1. The van der Waals surface area contributed by atoms with Crippen molar-refractivity contribution in [2.75, 3.05) is 0 Å². The van der Waals surface area contributed by atoms with Gasteiger partial charge >= 0.3 is 0 Å². The molecule has 1 aromatic rings. The lowest BCUT2D eigenvalue weighted by molar-refractivity contribution is -0.129. The molecule has 0 aliphatic rings. The Bertz CT molecular complexity index is 322. The van der Waals surface area contributed by atoms with Crippen molar-refractivity contribution < 1.29 is 9.53 Å². The fourth-order valence-corrected chi connectivity index (χ4v) is 1.22. The lowest BCUT2D eigenvalue weighted by Crippen LogP contribution is -2.00. The van der Waals surface area contributed by atoms with Crippen molar-refractivity contribution in [3.05, 3.63) is 28.6 Å². The van der Waals surface area contributed by atoms with Crippen LogP contribution in [-0.2, 0) is 16.1 Å². The van der Waals surface area contributed by atoms with Crippen LogP contribution in [-0.4, -0.2) is 11.5 Å². The lowest BCUT2D eigenvalue weighted by Gasteiger charge is -2.09. The highest BCUT2D eigenvalue weighted by molar-refractivity contribution is 5.39. The Balaban J connectivity index is 0.000000921. The molecule has 0 aromatic carbocycles. The van der Waals surface area contributed by atoms with E-state index < -0.39 is 0 Å². The smallest absolute Gasteiger partial charge is 0.293 e. The molecule has 0 amide bonds. The summed E-state index contributed by atoms with van der Waals surface area (Å²) in [4.78, 5) is 14.3. The second kappa shape index (κ2) is 6.98. The van der Waals surface area contributed by atoms with E-state index in [1.165, 1.54) is 0 Å². The SMILES string of the molecule is CC.Cc1cnc(C)c(C)c1COC=O. The van der Waals surface area contributed by atoms with Crippen LogP contribution < -0.4 is 0 Å². The molecule has 0 bridgehead atoms. The van der Waals surface area contributed by atoms with Gasteiger partial charge in [0.2, 0.25) is 0 Å². The van der Waals surface area contributed by atoms with E-state index in [0.29, 0.717) is 13.1 Å². The number of hydrogen-bond donors (Lipinski definition) is 0. The third-order valence-corrected chi connectivity index (χ3v) is 2.22. The Morgan fingerprint density at radius 1 is 1.33 bits per heavy atom. The monoisotopic (exact) mass is 209 g/mol. The van der Waals surface area contributed by atoms with Crippen molar-refractivity contribution in [2.24, 2.45) is 0 Å². The van der Waals surface area contributed by atoms with Crippen LogP contribution in [0, 0.1) is 20.8 Å². The molecule has 3 heteroatoms. The zero-order valence-electron chi connectivity index (χ0n) is 10.1. The fraction of sp³-hybridized carbons (Fsp3) is 0.500. The summed E-state index contributed by atoms with van der Waals surface area (Å²) in [6, 6.07) is 0. The normalized spacial score (nSPS) is 8.87. The van der Waals surface area contributed by atoms with Crippen LogP contribution in [0.2, 0.25) is 0 Å². The summed E-state index contributed by atoms with van der Waals surface area (Å²) in [5.41, 5.74) is 4.20. The summed E-state index contributed by atoms with van der Waals surface area (Å²) < 4.78 is 4.73. The highest BCUT2D eigenvalue weighted by Crippen LogP contribution is 2.15. The number of nitrogens with zero attached hydrogens (tertiary/aromatic N) is 1. The third-order valence-electron chi connectivity index (χ3n) is 2.22. The van der Waals surface area contributed by atoms with Gasteiger partial charge in [0, 0.05) is 11.9 Å². The van der Waals surface area contributed by atoms with Gasteiger partial charge in [-0.3, -0.25) is 9.78 Å². The average molecular weight is 209 g/mol. The molecule has 0 atom stereocenters. The Labute approximate surface area is 91.5 Å². The van der Waals surface area contributed by atoms with Crippen LogP contribution in [0.4, 0.5) is 0 Å². The van der Waals surface area contributed by atoms with Crippen molar-refractivity contribution in [3.8, 4) is 0 Å². The molecular formula is C12H19NO2. The molecule has 0 aliphatic heterocycles. The first-order valence-corrected chi connectivity index (χ1v) is 5.13. The minimum Gasteiger partial charge on any atom is -0.463 e. The van der Waals surface area contributed by atoms with Gasteiger partial charge in [0.1, 0.15) is 6.61 Å². The molecule has 1 heterocycles. The molecule has 0 fully saturated rings. The van der Waals surface area contributed by atoms with Crippen molar-refractivity contribution in [2.45, 2.75) is 41.2 Å². The molecule has 0 spiro atoms. The lowest BCUT2D eigenvalue weighted by atomic mass is 10.0. The van der Waals surface area contributed by atoms with Crippen molar-refractivity contribution in [3.63, 3.8) is 0 Å². The topological polar surface area (TPSA) is 39.2 Å². The predicted molar refractivity (Wildman–Crippen MR) is 60.6 cm³/mol. The standard InChI is InChI=1S/C10H13NO2.C2H6/c1-7-4-11-9(3)8(2)10(7)5-13-6-12;1-2/h4,6H,5H2,1-3H3;1-2H3. The molecule has 1 rings (SSSR count). The average Bonchev–Trinajstić information content (AvgIpc) is 2.27. The second-order valence-electron chi connectivity index (χ2n) is 3.04. The summed E-state index contributed by atoms with van der Waals surface area (Å²) in [5.74, 6) is 0. The fourth-order valence-electron chi connectivity index (χ4n) is 1.22. The molecule has 0 saturated heterocycles. The van der Waals surface area contributed by atoms with Gasteiger partial charge in [0.25, 0.3) is 6.47 Å².